The predicted molar refractivity (Wildman–Crippen MR) is 119 cm³/mol. The SMILES string of the molecule is Cc1cc(NC(=O)C[C@@H](NC(=O)c2ccccc2)c2ccccc2)cc([N+](=O)[O-])c1C. The Morgan fingerprint density at radius 3 is 2.19 bits per heavy atom. The van der Waals surface area contributed by atoms with Gasteiger partial charge in [-0.15, -0.1) is 0 Å². The molecule has 1 atom stereocenters. The summed E-state index contributed by atoms with van der Waals surface area (Å²) in [5.74, 6) is -0.649. The summed E-state index contributed by atoms with van der Waals surface area (Å²) in [6, 6.07) is 20.4. The molecule has 2 N–H and O–H groups in total. The summed E-state index contributed by atoms with van der Waals surface area (Å²) in [6.07, 6.45) is -0.0245. The first kappa shape index (κ1) is 21.7. The summed E-state index contributed by atoms with van der Waals surface area (Å²) in [5, 5.41) is 16.9. The third-order valence-electron chi connectivity index (χ3n) is 5.05. The summed E-state index contributed by atoms with van der Waals surface area (Å²) in [7, 11) is 0. The van der Waals surface area contributed by atoms with Crippen molar-refractivity contribution in [1.29, 1.82) is 0 Å². The predicted octanol–water partition coefficient (Wildman–Crippen LogP) is 4.71. The summed E-state index contributed by atoms with van der Waals surface area (Å²) in [4.78, 5) is 36.2. The monoisotopic (exact) mass is 417 g/mol. The van der Waals surface area contributed by atoms with E-state index in [2.05, 4.69) is 10.6 Å². The van der Waals surface area contributed by atoms with E-state index in [0.29, 0.717) is 22.4 Å². The van der Waals surface area contributed by atoms with Crippen LogP contribution >= 0.6 is 0 Å². The van der Waals surface area contributed by atoms with Gasteiger partial charge in [0.2, 0.25) is 5.91 Å². The highest BCUT2D eigenvalue weighted by Crippen LogP contribution is 2.27. The number of nitrogens with one attached hydrogen (secondary N) is 2. The standard InChI is InChI=1S/C24H23N3O4/c1-16-13-20(14-22(17(16)2)27(30)31)25-23(28)15-21(18-9-5-3-6-10-18)26-24(29)19-11-7-4-8-12-19/h3-14,21H,15H2,1-2H3,(H,25,28)(H,26,29)/t21-/m1/s1. The van der Waals surface area contributed by atoms with Gasteiger partial charge in [-0.2, -0.15) is 0 Å². The van der Waals surface area contributed by atoms with Gasteiger partial charge in [-0.25, -0.2) is 0 Å². The van der Waals surface area contributed by atoms with Crippen molar-refractivity contribution in [2.75, 3.05) is 5.32 Å². The fourth-order valence-corrected chi connectivity index (χ4v) is 3.27. The van der Waals surface area contributed by atoms with E-state index in [4.69, 9.17) is 0 Å². The lowest BCUT2D eigenvalue weighted by atomic mass is 10.0. The highest BCUT2D eigenvalue weighted by Gasteiger charge is 2.21. The van der Waals surface area contributed by atoms with Crippen LogP contribution in [0.25, 0.3) is 0 Å². The first-order valence-electron chi connectivity index (χ1n) is 9.81. The molecule has 0 aromatic heterocycles. The molecule has 0 heterocycles. The zero-order chi connectivity index (χ0) is 22.4. The number of nitro benzene ring substituents is 1. The molecule has 31 heavy (non-hydrogen) atoms. The Hall–Kier alpha value is -4.00. The van der Waals surface area contributed by atoms with E-state index < -0.39 is 11.0 Å². The minimum Gasteiger partial charge on any atom is -0.345 e. The van der Waals surface area contributed by atoms with E-state index >= 15 is 0 Å². The Labute approximate surface area is 180 Å². The van der Waals surface area contributed by atoms with Crippen molar-refractivity contribution < 1.29 is 14.5 Å². The number of nitrogens with zero attached hydrogens (tertiary/aromatic N) is 1. The van der Waals surface area contributed by atoms with E-state index in [1.165, 1.54) is 6.07 Å². The quantitative estimate of drug-likeness (QED) is 0.429. The Morgan fingerprint density at radius 1 is 0.968 bits per heavy atom. The number of aryl methyl sites for hydroxylation is 1. The Kier molecular flexibility index (Phi) is 6.77. The van der Waals surface area contributed by atoms with Gasteiger partial charge in [0.15, 0.2) is 0 Å². The van der Waals surface area contributed by atoms with Crippen molar-refractivity contribution in [2.45, 2.75) is 26.3 Å². The topological polar surface area (TPSA) is 101 Å². The number of hydrogen-bond donors (Lipinski definition) is 2. The van der Waals surface area contributed by atoms with E-state index in [9.17, 15) is 19.7 Å². The molecule has 0 aliphatic rings. The molecule has 3 rings (SSSR count). The molecule has 0 radical (unpaired) electrons. The second kappa shape index (κ2) is 9.67. The number of amides is 2. The van der Waals surface area contributed by atoms with Crippen LogP contribution in [0.5, 0.6) is 0 Å². The van der Waals surface area contributed by atoms with E-state index in [-0.39, 0.29) is 23.9 Å². The van der Waals surface area contributed by atoms with Crippen LogP contribution in [0.15, 0.2) is 72.8 Å². The van der Waals surface area contributed by atoms with Gasteiger partial charge in [0.25, 0.3) is 11.6 Å². The second-order valence-corrected chi connectivity index (χ2v) is 7.25. The lowest BCUT2D eigenvalue weighted by molar-refractivity contribution is -0.385. The van der Waals surface area contributed by atoms with Gasteiger partial charge < -0.3 is 10.6 Å². The Bertz CT molecular complexity index is 1100. The van der Waals surface area contributed by atoms with Crippen LogP contribution < -0.4 is 10.6 Å². The molecule has 0 saturated carbocycles. The van der Waals surface area contributed by atoms with Crippen LogP contribution in [0, 0.1) is 24.0 Å². The van der Waals surface area contributed by atoms with Crippen LogP contribution in [-0.2, 0) is 4.79 Å². The van der Waals surface area contributed by atoms with Gasteiger partial charge in [0.05, 0.1) is 17.4 Å². The summed E-state index contributed by atoms with van der Waals surface area (Å²) in [6.45, 7) is 3.43. The minimum atomic E-state index is -0.560. The fraction of sp³-hybridized carbons (Fsp3) is 0.167. The Balaban J connectivity index is 1.79. The van der Waals surface area contributed by atoms with Crippen LogP contribution in [0.1, 0.15) is 39.5 Å². The number of hydrogen-bond acceptors (Lipinski definition) is 4. The molecule has 0 saturated heterocycles. The van der Waals surface area contributed by atoms with Crippen LogP contribution in [-0.4, -0.2) is 16.7 Å². The maximum Gasteiger partial charge on any atom is 0.274 e. The molecule has 0 aliphatic heterocycles. The average molecular weight is 417 g/mol. The molecule has 0 spiro atoms. The lowest BCUT2D eigenvalue weighted by Gasteiger charge is -2.19. The molecule has 0 bridgehead atoms. The van der Waals surface area contributed by atoms with Crippen LogP contribution in [0.2, 0.25) is 0 Å². The molecule has 0 fully saturated rings. The molecule has 0 unspecified atom stereocenters. The van der Waals surface area contributed by atoms with Crippen molar-refractivity contribution in [3.05, 3.63) is 105 Å². The third-order valence-corrected chi connectivity index (χ3v) is 5.05. The lowest BCUT2D eigenvalue weighted by Crippen LogP contribution is -2.31. The third kappa shape index (κ3) is 5.54. The molecule has 7 nitrogen and oxygen atoms in total. The van der Waals surface area contributed by atoms with Gasteiger partial charge in [-0.05, 0) is 43.2 Å². The van der Waals surface area contributed by atoms with Gasteiger partial charge in [0.1, 0.15) is 0 Å². The van der Waals surface area contributed by atoms with Crippen molar-refractivity contribution in [2.24, 2.45) is 0 Å². The fourth-order valence-electron chi connectivity index (χ4n) is 3.27. The van der Waals surface area contributed by atoms with Crippen molar-refractivity contribution in [3.8, 4) is 0 Å². The molecular weight excluding hydrogens is 394 g/mol. The first-order chi connectivity index (χ1) is 14.8. The molecule has 7 heteroatoms. The number of nitro groups is 1. The molecule has 3 aromatic carbocycles. The van der Waals surface area contributed by atoms with E-state index in [1.54, 1.807) is 44.2 Å². The zero-order valence-corrected chi connectivity index (χ0v) is 17.3. The average Bonchev–Trinajstić information content (AvgIpc) is 2.76. The van der Waals surface area contributed by atoms with Gasteiger partial charge >= 0.3 is 0 Å². The van der Waals surface area contributed by atoms with Gasteiger partial charge in [-0.3, -0.25) is 19.7 Å². The zero-order valence-electron chi connectivity index (χ0n) is 17.3. The number of carbonyl (C=O) groups excluding carboxylic acids is 2. The number of anilines is 1. The normalized spacial score (nSPS) is 11.4. The van der Waals surface area contributed by atoms with E-state index in [0.717, 1.165) is 5.56 Å². The maximum absolute atomic E-state index is 12.8. The summed E-state index contributed by atoms with van der Waals surface area (Å²) < 4.78 is 0. The van der Waals surface area contributed by atoms with Crippen molar-refractivity contribution >= 4 is 23.2 Å². The van der Waals surface area contributed by atoms with Gasteiger partial charge in [-0.1, -0.05) is 48.5 Å². The van der Waals surface area contributed by atoms with Gasteiger partial charge in [0, 0.05) is 22.9 Å². The largest absolute Gasteiger partial charge is 0.345 e. The number of benzene rings is 3. The first-order valence-corrected chi connectivity index (χ1v) is 9.81. The molecule has 3 aromatic rings. The molecule has 0 aliphatic carbocycles. The van der Waals surface area contributed by atoms with Crippen LogP contribution in [0.4, 0.5) is 11.4 Å². The number of rotatable bonds is 7. The molecular formula is C24H23N3O4. The Morgan fingerprint density at radius 2 is 1.58 bits per heavy atom. The van der Waals surface area contributed by atoms with Crippen molar-refractivity contribution in [1.82, 2.24) is 5.32 Å². The van der Waals surface area contributed by atoms with E-state index in [1.807, 2.05) is 36.4 Å². The summed E-state index contributed by atoms with van der Waals surface area (Å²) in [5.41, 5.74) is 2.84. The highest BCUT2D eigenvalue weighted by atomic mass is 16.6. The highest BCUT2D eigenvalue weighted by molar-refractivity contribution is 5.96. The van der Waals surface area contributed by atoms with Crippen molar-refractivity contribution in [3.63, 3.8) is 0 Å². The minimum absolute atomic E-state index is 0.0245. The molecule has 158 valence electrons. The second-order valence-electron chi connectivity index (χ2n) is 7.25. The van der Waals surface area contributed by atoms with Crippen LogP contribution in [0.3, 0.4) is 0 Å². The molecule has 2 amide bonds. The number of carbonyl (C=O) groups is 2. The smallest absolute Gasteiger partial charge is 0.274 e. The maximum atomic E-state index is 12.8. The summed E-state index contributed by atoms with van der Waals surface area (Å²) >= 11 is 0.